The van der Waals surface area contributed by atoms with E-state index in [2.05, 4.69) is 24.0 Å². The summed E-state index contributed by atoms with van der Waals surface area (Å²) < 4.78 is 17.5. The number of aromatic nitrogens is 3. The fraction of sp³-hybridized carbons (Fsp3) is 0.350. The monoisotopic (exact) mass is 416 g/mol. The van der Waals surface area contributed by atoms with Gasteiger partial charge >= 0.3 is 5.97 Å². The summed E-state index contributed by atoms with van der Waals surface area (Å²) in [5.74, 6) is 8.97. The van der Waals surface area contributed by atoms with Crippen LogP contribution in [-0.4, -0.2) is 28.0 Å². The van der Waals surface area contributed by atoms with Crippen LogP contribution in [0.2, 0.25) is 0 Å². The summed E-state index contributed by atoms with van der Waals surface area (Å²) in [6.45, 7) is 6.21. The van der Waals surface area contributed by atoms with Crippen molar-refractivity contribution in [2.24, 2.45) is 0 Å². The van der Waals surface area contributed by atoms with Crippen molar-refractivity contribution in [3.63, 3.8) is 0 Å². The Bertz CT molecular complexity index is 979. The number of rotatable bonds is 8. The maximum Gasteiger partial charge on any atom is 0.341 e. The first-order chi connectivity index (χ1) is 13.9. The Morgan fingerprint density at radius 3 is 2.66 bits per heavy atom. The molecule has 0 bridgehead atoms. The third kappa shape index (κ3) is 4.92. The van der Waals surface area contributed by atoms with Gasteiger partial charge in [0.25, 0.3) is 0 Å². The fourth-order valence-corrected chi connectivity index (χ4v) is 3.42. The van der Waals surface area contributed by atoms with Gasteiger partial charge in [0.05, 0.1) is 12.9 Å². The molecule has 29 heavy (non-hydrogen) atoms. The minimum absolute atomic E-state index is 0.206. The van der Waals surface area contributed by atoms with Crippen molar-refractivity contribution in [1.82, 2.24) is 14.9 Å². The van der Waals surface area contributed by atoms with E-state index in [1.54, 1.807) is 13.0 Å². The number of esters is 1. The van der Waals surface area contributed by atoms with E-state index in [1.165, 1.54) is 29.1 Å². The summed E-state index contributed by atoms with van der Waals surface area (Å²) in [5.41, 5.74) is 1.66. The molecule has 0 saturated carbocycles. The lowest BCUT2D eigenvalue weighted by atomic mass is 10.0. The van der Waals surface area contributed by atoms with Crippen LogP contribution in [0.4, 0.5) is 0 Å². The first-order valence-electron chi connectivity index (χ1n) is 9.11. The molecular formula is C20H24N4O4S. The molecule has 3 aromatic rings. The SMILES string of the molecule is COC(=O)c1cc(CSc2nnc(COc3ccc(C(C)C)cc3)n2N)oc1C. The van der Waals surface area contributed by atoms with Crippen LogP contribution < -0.4 is 10.6 Å². The second-order valence-corrected chi connectivity index (χ2v) is 7.69. The van der Waals surface area contributed by atoms with E-state index < -0.39 is 5.97 Å². The van der Waals surface area contributed by atoms with Gasteiger partial charge in [-0.15, -0.1) is 10.2 Å². The number of nitrogens with two attached hydrogens (primary N) is 1. The molecule has 2 heterocycles. The Morgan fingerprint density at radius 1 is 1.28 bits per heavy atom. The van der Waals surface area contributed by atoms with E-state index in [4.69, 9.17) is 19.7 Å². The largest absolute Gasteiger partial charge is 0.486 e. The molecule has 0 aliphatic heterocycles. The Labute approximate surface area is 173 Å². The fourth-order valence-electron chi connectivity index (χ4n) is 2.66. The van der Waals surface area contributed by atoms with E-state index in [9.17, 15) is 4.79 Å². The molecule has 8 nitrogen and oxygen atoms in total. The highest BCUT2D eigenvalue weighted by Crippen LogP contribution is 2.25. The topological polar surface area (TPSA) is 105 Å². The maximum atomic E-state index is 11.7. The summed E-state index contributed by atoms with van der Waals surface area (Å²) in [4.78, 5) is 11.7. The molecule has 0 aliphatic carbocycles. The van der Waals surface area contributed by atoms with E-state index >= 15 is 0 Å². The van der Waals surface area contributed by atoms with Gasteiger partial charge in [-0.05, 0) is 36.6 Å². The predicted molar refractivity (Wildman–Crippen MR) is 109 cm³/mol. The highest BCUT2D eigenvalue weighted by molar-refractivity contribution is 7.98. The standard InChI is InChI=1S/C20H24N4O4S/c1-12(2)14-5-7-15(8-6-14)27-10-18-22-23-20(24(18)21)29-11-16-9-17(13(3)28-16)19(25)26-4/h5-9,12H,10-11,21H2,1-4H3. The molecule has 1 aromatic carbocycles. The second kappa shape index (κ2) is 9.04. The van der Waals surface area contributed by atoms with E-state index in [1.807, 2.05) is 24.3 Å². The predicted octanol–water partition coefficient (Wildman–Crippen LogP) is 3.67. The molecule has 2 N–H and O–H groups in total. The number of benzene rings is 1. The molecule has 154 valence electrons. The van der Waals surface area contributed by atoms with Crippen molar-refractivity contribution in [3.05, 3.63) is 58.8 Å². The number of furan rings is 1. The van der Waals surface area contributed by atoms with Crippen LogP contribution in [0.25, 0.3) is 0 Å². The smallest absolute Gasteiger partial charge is 0.341 e. The van der Waals surface area contributed by atoms with Crippen LogP contribution in [-0.2, 0) is 17.1 Å². The number of methoxy groups -OCH3 is 1. The van der Waals surface area contributed by atoms with Gasteiger partial charge in [0, 0.05) is 0 Å². The number of carbonyl (C=O) groups is 1. The highest BCUT2D eigenvalue weighted by atomic mass is 32.2. The minimum Gasteiger partial charge on any atom is -0.486 e. The summed E-state index contributed by atoms with van der Waals surface area (Å²) in [6.07, 6.45) is 0. The lowest BCUT2D eigenvalue weighted by Gasteiger charge is -2.08. The number of nitrogens with zero attached hydrogens (tertiary/aromatic N) is 3. The Hall–Kier alpha value is -2.94. The summed E-state index contributed by atoms with van der Waals surface area (Å²) in [5, 5.41) is 8.71. The molecule has 3 rings (SSSR count). The minimum atomic E-state index is -0.426. The molecular weight excluding hydrogens is 392 g/mol. The van der Waals surface area contributed by atoms with Gasteiger partial charge in [0.15, 0.2) is 5.82 Å². The number of aryl methyl sites for hydroxylation is 1. The molecule has 0 spiro atoms. The molecule has 0 radical (unpaired) electrons. The Balaban J connectivity index is 1.58. The number of nitrogen functional groups attached to an aromatic ring is 1. The summed E-state index contributed by atoms with van der Waals surface area (Å²) in [7, 11) is 1.34. The van der Waals surface area contributed by atoms with Gasteiger partial charge in [-0.25, -0.2) is 9.47 Å². The molecule has 0 fully saturated rings. The van der Waals surface area contributed by atoms with Gasteiger partial charge in [0.2, 0.25) is 5.16 Å². The van der Waals surface area contributed by atoms with E-state index in [0.717, 1.165) is 5.75 Å². The van der Waals surface area contributed by atoms with Gasteiger partial charge in [-0.1, -0.05) is 37.7 Å². The van der Waals surface area contributed by atoms with Gasteiger partial charge in [-0.3, -0.25) is 0 Å². The van der Waals surface area contributed by atoms with Gasteiger partial charge < -0.3 is 19.7 Å². The normalized spacial score (nSPS) is 11.1. The molecule has 0 atom stereocenters. The van der Waals surface area contributed by atoms with Crippen LogP contribution in [0, 0.1) is 6.92 Å². The van der Waals surface area contributed by atoms with Crippen molar-refractivity contribution >= 4 is 17.7 Å². The Kier molecular flexibility index (Phi) is 6.48. The average molecular weight is 417 g/mol. The van der Waals surface area contributed by atoms with Crippen LogP contribution in [0.5, 0.6) is 5.75 Å². The quantitative estimate of drug-likeness (QED) is 0.337. The van der Waals surface area contributed by atoms with Gasteiger partial charge in [-0.2, -0.15) is 0 Å². The van der Waals surface area contributed by atoms with Crippen LogP contribution in [0.15, 0.2) is 39.9 Å². The third-order valence-electron chi connectivity index (χ3n) is 4.37. The van der Waals surface area contributed by atoms with Crippen LogP contribution in [0.1, 0.15) is 53.0 Å². The summed E-state index contributed by atoms with van der Waals surface area (Å²) in [6, 6.07) is 9.61. The van der Waals surface area contributed by atoms with E-state index in [0.29, 0.717) is 39.7 Å². The zero-order valence-corrected chi connectivity index (χ0v) is 17.7. The molecule has 0 aliphatic rings. The van der Waals surface area contributed by atoms with Crippen molar-refractivity contribution in [1.29, 1.82) is 0 Å². The number of thioether (sulfide) groups is 1. The molecule has 0 amide bonds. The number of ether oxygens (including phenoxy) is 2. The number of carbonyl (C=O) groups excluding carboxylic acids is 1. The van der Waals surface area contributed by atoms with Crippen molar-refractivity contribution in [3.8, 4) is 5.75 Å². The molecule has 9 heteroatoms. The van der Waals surface area contributed by atoms with Crippen molar-refractivity contribution < 1.29 is 18.7 Å². The zero-order chi connectivity index (χ0) is 21.0. The second-order valence-electron chi connectivity index (χ2n) is 6.74. The van der Waals surface area contributed by atoms with Crippen molar-refractivity contribution in [2.45, 2.75) is 44.2 Å². The summed E-state index contributed by atoms with van der Waals surface area (Å²) >= 11 is 1.35. The first kappa shape index (κ1) is 20.8. The van der Waals surface area contributed by atoms with Crippen LogP contribution in [0.3, 0.4) is 0 Å². The zero-order valence-electron chi connectivity index (χ0n) is 16.8. The maximum absolute atomic E-state index is 11.7. The highest BCUT2D eigenvalue weighted by Gasteiger charge is 2.17. The molecule has 2 aromatic heterocycles. The first-order valence-corrected chi connectivity index (χ1v) is 10.1. The van der Waals surface area contributed by atoms with E-state index in [-0.39, 0.29) is 6.61 Å². The molecule has 0 saturated heterocycles. The van der Waals surface area contributed by atoms with Gasteiger partial charge in [0.1, 0.15) is 29.4 Å². The van der Waals surface area contributed by atoms with Crippen LogP contribution >= 0.6 is 11.8 Å². The number of hydrogen-bond acceptors (Lipinski definition) is 8. The Morgan fingerprint density at radius 2 is 2.00 bits per heavy atom. The number of hydrogen-bond donors (Lipinski definition) is 1. The lowest BCUT2D eigenvalue weighted by molar-refractivity contribution is 0.0599. The third-order valence-corrected chi connectivity index (χ3v) is 5.33. The molecule has 0 unspecified atom stereocenters. The van der Waals surface area contributed by atoms with Crippen molar-refractivity contribution in [2.75, 3.05) is 13.0 Å². The lowest BCUT2D eigenvalue weighted by Crippen LogP contribution is -2.15. The average Bonchev–Trinajstić information content (AvgIpc) is 3.26.